The van der Waals surface area contributed by atoms with Crippen molar-refractivity contribution in [3.05, 3.63) is 65.1 Å². The Morgan fingerprint density at radius 2 is 2.07 bits per heavy atom. The minimum absolute atomic E-state index is 0.00768. The molecule has 0 aliphatic carbocycles. The van der Waals surface area contributed by atoms with Gasteiger partial charge in [-0.05, 0) is 23.3 Å². The Morgan fingerprint density at radius 1 is 1.26 bits per heavy atom. The molecule has 140 valence electrons. The molecule has 2 atom stereocenters. The predicted octanol–water partition coefficient (Wildman–Crippen LogP) is 2.26. The van der Waals surface area contributed by atoms with Crippen LogP contribution in [0.15, 0.2) is 48.9 Å². The Labute approximate surface area is 162 Å². The number of aryl methyl sites for hydroxylation is 1. The molecule has 1 saturated heterocycles. The van der Waals surface area contributed by atoms with E-state index < -0.39 is 0 Å². The van der Waals surface area contributed by atoms with Crippen LogP contribution < -0.4 is 10.6 Å². The van der Waals surface area contributed by atoms with Gasteiger partial charge in [-0.1, -0.05) is 23.7 Å². The highest BCUT2D eigenvalue weighted by Gasteiger charge is 2.35. The molecular formula is C19H21ClN6O. The topological polar surface area (TPSA) is 76.8 Å². The zero-order valence-corrected chi connectivity index (χ0v) is 15.7. The molecular weight excluding hydrogens is 364 g/mol. The number of aromatic nitrogens is 4. The second kappa shape index (κ2) is 7.54. The third-order valence-electron chi connectivity index (χ3n) is 4.92. The maximum Gasteiger partial charge on any atom is 0.230 e. The second-order valence-electron chi connectivity index (χ2n) is 6.81. The molecule has 0 bridgehead atoms. The van der Waals surface area contributed by atoms with Crippen molar-refractivity contribution >= 4 is 23.3 Å². The van der Waals surface area contributed by atoms with E-state index in [1.165, 1.54) is 0 Å². The van der Waals surface area contributed by atoms with Crippen molar-refractivity contribution in [2.45, 2.75) is 12.5 Å². The van der Waals surface area contributed by atoms with E-state index in [0.717, 1.165) is 17.7 Å². The zero-order chi connectivity index (χ0) is 18.8. The molecule has 4 rings (SSSR count). The van der Waals surface area contributed by atoms with Gasteiger partial charge in [-0.3, -0.25) is 9.48 Å². The molecule has 3 aromatic rings. The Morgan fingerprint density at radius 3 is 2.81 bits per heavy atom. The van der Waals surface area contributed by atoms with Crippen molar-refractivity contribution in [3.8, 4) is 0 Å². The molecule has 0 saturated carbocycles. The van der Waals surface area contributed by atoms with Gasteiger partial charge in [0.1, 0.15) is 5.82 Å². The highest BCUT2D eigenvalue weighted by Crippen LogP contribution is 2.29. The number of carbonyl (C=O) groups excluding carboxylic acids is 1. The number of benzene rings is 1. The lowest BCUT2D eigenvalue weighted by atomic mass is 9.90. The van der Waals surface area contributed by atoms with Gasteiger partial charge in [0.25, 0.3) is 0 Å². The van der Waals surface area contributed by atoms with Crippen LogP contribution in [0.25, 0.3) is 0 Å². The van der Waals surface area contributed by atoms with Crippen molar-refractivity contribution in [2.24, 2.45) is 13.0 Å². The van der Waals surface area contributed by atoms with E-state index in [1.54, 1.807) is 15.6 Å². The lowest BCUT2D eigenvalue weighted by molar-refractivity contribution is -0.119. The largest absolute Gasteiger partial charge is 0.315 e. The van der Waals surface area contributed by atoms with E-state index in [2.05, 4.69) is 20.8 Å². The lowest BCUT2D eigenvalue weighted by Crippen LogP contribution is -2.29. The van der Waals surface area contributed by atoms with Gasteiger partial charge in [-0.25, -0.2) is 4.68 Å². The maximum atomic E-state index is 12.9. The van der Waals surface area contributed by atoms with Gasteiger partial charge in [0.05, 0.1) is 24.9 Å². The highest BCUT2D eigenvalue weighted by molar-refractivity contribution is 6.30. The van der Waals surface area contributed by atoms with Crippen LogP contribution in [0.3, 0.4) is 0 Å². The number of amides is 1. The van der Waals surface area contributed by atoms with Crippen molar-refractivity contribution in [3.63, 3.8) is 0 Å². The van der Waals surface area contributed by atoms with Gasteiger partial charge in [0.2, 0.25) is 5.91 Å². The molecule has 0 spiro atoms. The molecule has 2 N–H and O–H groups in total. The van der Waals surface area contributed by atoms with Crippen molar-refractivity contribution < 1.29 is 4.79 Å². The smallest absolute Gasteiger partial charge is 0.230 e. The fourth-order valence-corrected chi connectivity index (χ4v) is 3.61. The average Bonchev–Trinajstić information content (AvgIpc) is 3.38. The number of nitrogens with zero attached hydrogens (tertiary/aromatic N) is 4. The number of halogens is 1. The fourth-order valence-electron chi connectivity index (χ4n) is 3.48. The van der Waals surface area contributed by atoms with Gasteiger partial charge < -0.3 is 10.6 Å². The first-order valence-electron chi connectivity index (χ1n) is 8.86. The highest BCUT2D eigenvalue weighted by atomic mass is 35.5. The third-order valence-corrected chi connectivity index (χ3v) is 5.17. The van der Waals surface area contributed by atoms with Crippen LogP contribution >= 0.6 is 11.6 Å². The predicted molar refractivity (Wildman–Crippen MR) is 104 cm³/mol. The molecule has 1 amide bonds. The molecule has 2 aromatic heterocycles. The Bertz CT molecular complexity index is 932. The molecule has 1 aliphatic rings. The fraction of sp³-hybridized carbons (Fsp3) is 0.316. The van der Waals surface area contributed by atoms with Crippen molar-refractivity contribution in [1.29, 1.82) is 0 Å². The molecule has 8 heteroatoms. The van der Waals surface area contributed by atoms with Gasteiger partial charge >= 0.3 is 0 Å². The van der Waals surface area contributed by atoms with E-state index in [4.69, 9.17) is 11.6 Å². The monoisotopic (exact) mass is 384 g/mol. The SMILES string of the molecule is Cn1cc([C@H]2CNC[C@@H]2C(=O)Nc2ccnn2Cc2ccc(Cl)cc2)cn1. The first-order valence-corrected chi connectivity index (χ1v) is 9.24. The molecule has 0 unspecified atom stereocenters. The van der Waals surface area contributed by atoms with Gasteiger partial charge in [-0.2, -0.15) is 10.2 Å². The Balaban J connectivity index is 1.47. The van der Waals surface area contributed by atoms with E-state index in [9.17, 15) is 4.79 Å². The van der Waals surface area contributed by atoms with Gasteiger partial charge in [-0.15, -0.1) is 0 Å². The number of hydrogen-bond acceptors (Lipinski definition) is 4. The summed E-state index contributed by atoms with van der Waals surface area (Å²) in [6.07, 6.45) is 5.50. The number of carbonyl (C=O) groups is 1. The van der Waals surface area contributed by atoms with Crippen LogP contribution in [-0.2, 0) is 18.4 Å². The Hall–Kier alpha value is -2.64. The summed E-state index contributed by atoms with van der Waals surface area (Å²) in [5.74, 6) is 0.651. The summed E-state index contributed by atoms with van der Waals surface area (Å²) >= 11 is 5.94. The summed E-state index contributed by atoms with van der Waals surface area (Å²) in [5.41, 5.74) is 2.15. The second-order valence-corrected chi connectivity index (χ2v) is 7.24. The van der Waals surface area contributed by atoms with Gasteiger partial charge in [0, 0.05) is 43.3 Å². The summed E-state index contributed by atoms with van der Waals surface area (Å²) in [6.45, 7) is 1.99. The summed E-state index contributed by atoms with van der Waals surface area (Å²) < 4.78 is 3.55. The third kappa shape index (κ3) is 3.89. The average molecular weight is 385 g/mol. The van der Waals surface area contributed by atoms with Crippen LogP contribution in [0, 0.1) is 5.92 Å². The lowest BCUT2D eigenvalue weighted by Gasteiger charge is -2.17. The molecule has 1 fully saturated rings. The van der Waals surface area contributed by atoms with Crippen molar-refractivity contribution in [2.75, 3.05) is 18.4 Å². The number of nitrogens with one attached hydrogen (secondary N) is 2. The molecule has 1 aliphatic heterocycles. The van der Waals surface area contributed by atoms with Crippen LogP contribution in [0.5, 0.6) is 0 Å². The summed E-state index contributed by atoms with van der Waals surface area (Å²) in [5, 5.41) is 15.6. The normalized spacial score (nSPS) is 19.3. The molecule has 27 heavy (non-hydrogen) atoms. The molecule has 0 radical (unpaired) electrons. The zero-order valence-electron chi connectivity index (χ0n) is 15.0. The van der Waals surface area contributed by atoms with Crippen LogP contribution in [0.2, 0.25) is 5.02 Å². The minimum atomic E-state index is -0.145. The van der Waals surface area contributed by atoms with E-state index in [1.807, 2.05) is 49.8 Å². The van der Waals surface area contributed by atoms with Crippen LogP contribution in [-0.4, -0.2) is 38.6 Å². The van der Waals surface area contributed by atoms with E-state index >= 15 is 0 Å². The first-order chi connectivity index (χ1) is 13.1. The number of hydrogen-bond donors (Lipinski definition) is 2. The van der Waals surface area contributed by atoms with Crippen molar-refractivity contribution in [1.82, 2.24) is 24.9 Å². The van der Waals surface area contributed by atoms with Gasteiger partial charge in [0.15, 0.2) is 0 Å². The molecule has 7 nitrogen and oxygen atoms in total. The summed E-state index contributed by atoms with van der Waals surface area (Å²) in [6, 6.07) is 9.42. The maximum absolute atomic E-state index is 12.9. The molecule has 3 heterocycles. The Kier molecular flexibility index (Phi) is 4.96. The molecule has 1 aromatic carbocycles. The van der Waals surface area contributed by atoms with E-state index in [-0.39, 0.29) is 17.7 Å². The first kappa shape index (κ1) is 17.8. The van der Waals surface area contributed by atoms with Crippen LogP contribution in [0.1, 0.15) is 17.0 Å². The van der Waals surface area contributed by atoms with Crippen LogP contribution in [0.4, 0.5) is 5.82 Å². The summed E-state index contributed by atoms with van der Waals surface area (Å²) in [7, 11) is 1.89. The standard InChI is InChI=1S/C19H21ClN6O/c1-25-12-14(8-23-25)16-9-21-10-17(16)19(27)24-18-6-7-22-26(18)11-13-2-4-15(20)5-3-13/h2-8,12,16-17,21H,9-11H2,1H3,(H,24,27)/t16-,17+/m1/s1. The van der Waals surface area contributed by atoms with E-state index in [0.29, 0.717) is 23.9 Å². The number of anilines is 1. The summed E-state index contributed by atoms with van der Waals surface area (Å²) in [4.78, 5) is 12.9. The quantitative estimate of drug-likeness (QED) is 0.707. The minimum Gasteiger partial charge on any atom is -0.315 e. The number of rotatable bonds is 5.